The summed E-state index contributed by atoms with van der Waals surface area (Å²) in [5, 5.41) is 2.17. The second-order valence-corrected chi connectivity index (χ2v) is 5.01. The maximum atomic E-state index is 10.5. The van der Waals surface area contributed by atoms with Crippen LogP contribution in [0.1, 0.15) is 32.3 Å². The number of hydrogen-bond donors (Lipinski definition) is 1. The molecule has 2 aromatic carbocycles. The smallest absolute Gasteiger partial charge is 0.316 e. The zero-order valence-corrected chi connectivity index (χ0v) is 12.4. The van der Waals surface area contributed by atoms with E-state index in [2.05, 4.69) is 13.8 Å². The first-order valence-electron chi connectivity index (χ1n) is 6.51. The van der Waals surface area contributed by atoms with Crippen LogP contribution in [-0.2, 0) is 15.7 Å². The number of fused-ring (bicyclic) bond motifs is 1. The molecule has 0 saturated carbocycles. The molecule has 2 aromatic rings. The minimum absolute atomic E-state index is 0.176. The van der Waals surface area contributed by atoms with Gasteiger partial charge in [0.25, 0.3) is 0 Å². The van der Waals surface area contributed by atoms with Crippen molar-refractivity contribution < 1.29 is 14.0 Å². The van der Waals surface area contributed by atoms with E-state index >= 15 is 0 Å². The van der Waals surface area contributed by atoms with Gasteiger partial charge < -0.3 is 9.42 Å². The lowest BCUT2D eigenvalue weighted by atomic mass is 10.1. The zero-order valence-electron chi connectivity index (χ0n) is 11.4. The van der Waals surface area contributed by atoms with Crippen LogP contribution in [0, 0.1) is 0 Å². The monoisotopic (exact) mass is 280 g/mol. The van der Waals surface area contributed by atoms with Crippen molar-refractivity contribution >= 4 is 19.0 Å². The summed E-state index contributed by atoms with van der Waals surface area (Å²) in [6.07, 6.45) is 2.64. The number of benzene rings is 2. The quantitative estimate of drug-likeness (QED) is 0.836. The first-order valence-corrected chi connectivity index (χ1v) is 7.77. The fourth-order valence-corrected chi connectivity index (χ4v) is 1.84. The second kappa shape index (κ2) is 8.87. The van der Waals surface area contributed by atoms with Crippen molar-refractivity contribution in [3.63, 3.8) is 0 Å². The molecular formula is C15H21O3P. The van der Waals surface area contributed by atoms with Crippen molar-refractivity contribution in [2.45, 2.75) is 33.3 Å². The summed E-state index contributed by atoms with van der Waals surface area (Å²) in [5.41, 5.74) is 0.931. The van der Waals surface area contributed by atoms with E-state index < -0.39 is 8.25 Å². The minimum Gasteiger partial charge on any atom is -0.326 e. The van der Waals surface area contributed by atoms with E-state index in [0.717, 1.165) is 16.3 Å². The second-order valence-electron chi connectivity index (χ2n) is 4.19. The Morgan fingerprint density at radius 1 is 1.05 bits per heavy atom. The Hall–Kier alpha value is -1.15. The van der Waals surface area contributed by atoms with E-state index in [9.17, 15) is 4.57 Å². The molecule has 0 aromatic heterocycles. The molecule has 4 heteroatoms. The summed E-state index contributed by atoms with van der Waals surface area (Å²) in [6.45, 7) is 4.54. The van der Waals surface area contributed by atoms with Crippen LogP contribution in [0.4, 0.5) is 0 Å². The highest BCUT2D eigenvalue weighted by atomic mass is 31.1. The summed E-state index contributed by atoms with van der Waals surface area (Å²) >= 11 is 0. The fraction of sp³-hybridized carbons (Fsp3) is 0.333. The third-order valence-corrected chi connectivity index (χ3v) is 3.12. The van der Waals surface area contributed by atoms with Crippen molar-refractivity contribution in [2.24, 2.45) is 0 Å². The third-order valence-electron chi connectivity index (χ3n) is 2.73. The summed E-state index contributed by atoms with van der Waals surface area (Å²) in [4.78, 5) is 8.61. The van der Waals surface area contributed by atoms with Crippen LogP contribution >= 0.6 is 8.25 Å². The number of rotatable bonds is 4. The standard InChI is InChI=1S/C11H11O3P.C4H10/c12-15(13)14-8-10-6-3-5-9-4-1-2-7-11(9)10;1-3-4-2/h1-7,15H,8H2,(H,12,13);3-4H2,1-2H3. The van der Waals surface area contributed by atoms with E-state index in [1.165, 1.54) is 12.8 Å². The van der Waals surface area contributed by atoms with E-state index in [1.807, 2.05) is 42.5 Å². The molecule has 3 nitrogen and oxygen atoms in total. The van der Waals surface area contributed by atoms with Gasteiger partial charge in [-0.3, -0.25) is 4.57 Å². The molecule has 0 spiro atoms. The molecule has 104 valence electrons. The van der Waals surface area contributed by atoms with Crippen molar-refractivity contribution in [3.05, 3.63) is 48.0 Å². The normalized spacial score (nSPS) is 11.7. The fourth-order valence-electron chi connectivity index (χ4n) is 1.56. The minimum atomic E-state index is -2.85. The molecule has 0 radical (unpaired) electrons. The van der Waals surface area contributed by atoms with Gasteiger partial charge in [0.15, 0.2) is 0 Å². The van der Waals surface area contributed by atoms with E-state index in [0.29, 0.717) is 0 Å². The van der Waals surface area contributed by atoms with Gasteiger partial charge in [-0.1, -0.05) is 69.2 Å². The molecule has 0 saturated heterocycles. The SMILES string of the molecule is CCCC.O=[PH](O)OCc1cccc2ccccc12. The lowest BCUT2D eigenvalue weighted by Gasteiger charge is -2.05. The van der Waals surface area contributed by atoms with E-state index in [-0.39, 0.29) is 6.61 Å². The van der Waals surface area contributed by atoms with Gasteiger partial charge in [0.05, 0.1) is 6.61 Å². The number of unbranched alkanes of at least 4 members (excludes halogenated alkanes) is 1. The summed E-state index contributed by atoms with van der Waals surface area (Å²) in [6, 6.07) is 13.7. The molecule has 0 amide bonds. The molecule has 1 N–H and O–H groups in total. The van der Waals surface area contributed by atoms with Gasteiger partial charge in [-0.25, -0.2) is 0 Å². The Bertz CT molecular complexity index is 518. The molecule has 0 heterocycles. The van der Waals surface area contributed by atoms with Gasteiger partial charge in [-0.2, -0.15) is 0 Å². The largest absolute Gasteiger partial charge is 0.326 e. The maximum absolute atomic E-state index is 10.5. The molecule has 0 aliphatic carbocycles. The van der Waals surface area contributed by atoms with Gasteiger partial charge in [-0.15, -0.1) is 0 Å². The highest BCUT2D eigenvalue weighted by Gasteiger charge is 2.01. The van der Waals surface area contributed by atoms with Crippen LogP contribution in [0.5, 0.6) is 0 Å². The van der Waals surface area contributed by atoms with Crippen molar-refractivity contribution in [1.82, 2.24) is 0 Å². The highest BCUT2D eigenvalue weighted by Crippen LogP contribution is 2.23. The van der Waals surface area contributed by atoms with Crippen molar-refractivity contribution in [2.75, 3.05) is 0 Å². The van der Waals surface area contributed by atoms with Gasteiger partial charge >= 0.3 is 8.25 Å². The topological polar surface area (TPSA) is 46.5 Å². The van der Waals surface area contributed by atoms with Crippen LogP contribution in [0.25, 0.3) is 10.8 Å². The van der Waals surface area contributed by atoms with Crippen LogP contribution in [0.3, 0.4) is 0 Å². The Labute approximate surface area is 115 Å². The van der Waals surface area contributed by atoms with Gasteiger partial charge in [0, 0.05) is 0 Å². The molecule has 0 bridgehead atoms. The summed E-state index contributed by atoms with van der Waals surface area (Å²) in [7, 11) is -2.85. The zero-order chi connectivity index (χ0) is 14.1. The maximum Gasteiger partial charge on any atom is 0.316 e. The lowest BCUT2D eigenvalue weighted by molar-refractivity contribution is 0.273. The van der Waals surface area contributed by atoms with Crippen LogP contribution in [-0.4, -0.2) is 4.89 Å². The van der Waals surface area contributed by atoms with Crippen molar-refractivity contribution in [3.8, 4) is 0 Å². The van der Waals surface area contributed by atoms with E-state index in [1.54, 1.807) is 0 Å². The number of hydrogen-bond acceptors (Lipinski definition) is 2. The van der Waals surface area contributed by atoms with Crippen molar-refractivity contribution in [1.29, 1.82) is 0 Å². The Balaban J connectivity index is 0.000000399. The Morgan fingerprint density at radius 2 is 1.68 bits per heavy atom. The van der Waals surface area contributed by atoms with Gasteiger partial charge in [0.2, 0.25) is 0 Å². The Morgan fingerprint density at radius 3 is 2.32 bits per heavy atom. The van der Waals surface area contributed by atoms with Gasteiger partial charge in [-0.05, 0) is 16.3 Å². The molecule has 0 aliphatic rings. The highest BCUT2D eigenvalue weighted by molar-refractivity contribution is 7.32. The molecule has 19 heavy (non-hydrogen) atoms. The molecular weight excluding hydrogens is 259 g/mol. The lowest BCUT2D eigenvalue weighted by Crippen LogP contribution is -1.87. The molecule has 1 unspecified atom stereocenters. The Kier molecular flexibility index (Phi) is 7.42. The van der Waals surface area contributed by atoms with Crippen LogP contribution in [0.15, 0.2) is 42.5 Å². The molecule has 2 rings (SSSR count). The van der Waals surface area contributed by atoms with Crippen LogP contribution < -0.4 is 0 Å². The average molecular weight is 280 g/mol. The average Bonchev–Trinajstić information content (AvgIpc) is 2.45. The first-order chi connectivity index (χ1) is 9.19. The summed E-state index contributed by atoms with van der Waals surface area (Å²) in [5.74, 6) is 0. The molecule has 0 fully saturated rings. The molecule has 1 atom stereocenters. The van der Waals surface area contributed by atoms with E-state index in [4.69, 9.17) is 9.42 Å². The molecule has 0 aliphatic heterocycles. The van der Waals surface area contributed by atoms with Gasteiger partial charge in [0.1, 0.15) is 0 Å². The summed E-state index contributed by atoms with van der Waals surface area (Å²) < 4.78 is 15.2. The third kappa shape index (κ3) is 5.56. The first kappa shape index (κ1) is 15.9. The van der Waals surface area contributed by atoms with Crippen LogP contribution in [0.2, 0.25) is 0 Å². The predicted octanol–water partition coefficient (Wildman–Crippen LogP) is 4.54. The predicted molar refractivity (Wildman–Crippen MR) is 80.5 cm³/mol.